The van der Waals surface area contributed by atoms with Crippen LogP contribution in [0.15, 0.2) is 81.7 Å². The number of nitrogens with zero attached hydrogens (tertiary/aromatic N) is 2. The summed E-state index contributed by atoms with van der Waals surface area (Å²) < 4.78 is 7.68. The smallest absolute Gasteiger partial charge is 0.134 e. The van der Waals surface area contributed by atoms with Gasteiger partial charge in [0.25, 0.3) is 0 Å². The fourth-order valence-corrected chi connectivity index (χ4v) is 5.78. The van der Waals surface area contributed by atoms with Gasteiger partial charge in [-0.15, -0.1) is 0 Å². The van der Waals surface area contributed by atoms with E-state index in [2.05, 4.69) is 111 Å². The lowest BCUT2D eigenvalue weighted by Crippen LogP contribution is -2.28. The Morgan fingerprint density at radius 1 is 0.917 bits per heavy atom. The Kier molecular flexibility index (Phi) is 6.60. The van der Waals surface area contributed by atoms with Gasteiger partial charge in [-0.1, -0.05) is 64.0 Å². The first-order valence-electron chi connectivity index (χ1n) is 12.9. The molecule has 2 aliphatic rings. The van der Waals surface area contributed by atoms with Crippen molar-refractivity contribution in [2.24, 2.45) is 0 Å². The molecule has 3 aromatic carbocycles. The number of halogens is 1. The number of nitrogens with one attached hydrogen (secondary N) is 1. The van der Waals surface area contributed by atoms with E-state index in [4.69, 9.17) is 4.42 Å². The molecular formula is C31H32BrN3O. The molecule has 4 aromatic rings. The van der Waals surface area contributed by atoms with Crippen LogP contribution in [0.4, 0.5) is 11.4 Å². The minimum absolute atomic E-state index is 0.752. The molecule has 2 aliphatic heterocycles. The standard InChI is InChI=1S/C31H32BrN3O/c1-22-7-9-23(10-8-22)30-19-26-17-25-18-27(34-15-4-13-33-14-16-34)11-12-29(25)35(21-31(26)36-30)20-24-5-2-3-6-28(24)32/h2-3,5-12,18-19,33H,4,13-17,20-21H2,1H3. The Bertz CT molecular complexity index is 1350. The van der Waals surface area contributed by atoms with Gasteiger partial charge in [0.2, 0.25) is 0 Å². The van der Waals surface area contributed by atoms with Gasteiger partial charge in [-0.2, -0.15) is 0 Å². The molecule has 4 nitrogen and oxygen atoms in total. The molecule has 0 bridgehead atoms. The highest BCUT2D eigenvalue weighted by atomic mass is 79.9. The van der Waals surface area contributed by atoms with Crippen molar-refractivity contribution in [1.29, 1.82) is 0 Å². The van der Waals surface area contributed by atoms with E-state index in [0.717, 1.165) is 67.2 Å². The number of furan rings is 1. The SMILES string of the molecule is Cc1ccc(-c2cc3c(o2)CN(Cc2ccccc2Br)c2ccc(N4CCCNCC4)cc2C3)cc1. The van der Waals surface area contributed by atoms with Crippen LogP contribution in [-0.4, -0.2) is 26.2 Å². The van der Waals surface area contributed by atoms with E-state index in [-0.39, 0.29) is 0 Å². The van der Waals surface area contributed by atoms with Crippen molar-refractivity contribution in [1.82, 2.24) is 5.32 Å². The maximum atomic E-state index is 6.53. The van der Waals surface area contributed by atoms with Crippen LogP contribution in [0.5, 0.6) is 0 Å². The van der Waals surface area contributed by atoms with E-state index in [9.17, 15) is 0 Å². The molecule has 1 saturated heterocycles. The van der Waals surface area contributed by atoms with Crippen LogP contribution in [0.1, 0.15) is 34.4 Å². The van der Waals surface area contributed by atoms with Crippen molar-refractivity contribution >= 4 is 27.3 Å². The average Bonchev–Trinajstić information content (AvgIpc) is 3.05. The highest BCUT2D eigenvalue weighted by molar-refractivity contribution is 9.10. The van der Waals surface area contributed by atoms with Gasteiger partial charge in [-0.25, -0.2) is 0 Å². The largest absolute Gasteiger partial charge is 0.459 e. The lowest BCUT2D eigenvalue weighted by molar-refractivity contribution is 0.511. The lowest BCUT2D eigenvalue weighted by Gasteiger charge is -2.28. The third-order valence-electron chi connectivity index (χ3n) is 7.38. The van der Waals surface area contributed by atoms with Gasteiger partial charge in [0.1, 0.15) is 11.5 Å². The molecule has 5 heteroatoms. The van der Waals surface area contributed by atoms with Gasteiger partial charge in [-0.05, 0) is 61.3 Å². The maximum Gasteiger partial charge on any atom is 0.134 e. The molecule has 0 amide bonds. The summed E-state index contributed by atoms with van der Waals surface area (Å²) in [4.78, 5) is 4.99. The second kappa shape index (κ2) is 10.2. The molecule has 184 valence electrons. The quantitative estimate of drug-likeness (QED) is 0.303. The molecule has 36 heavy (non-hydrogen) atoms. The van der Waals surface area contributed by atoms with Crippen molar-refractivity contribution in [3.63, 3.8) is 0 Å². The summed E-state index contributed by atoms with van der Waals surface area (Å²) in [6.45, 7) is 7.98. The molecule has 1 N–H and O–H groups in total. The van der Waals surface area contributed by atoms with Gasteiger partial charge < -0.3 is 19.5 Å². The van der Waals surface area contributed by atoms with Crippen molar-refractivity contribution < 1.29 is 4.42 Å². The molecule has 3 heterocycles. The van der Waals surface area contributed by atoms with Gasteiger partial charge >= 0.3 is 0 Å². The van der Waals surface area contributed by atoms with Crippen molar-refractivity contribution in [3.05, 3.63) is 105 Å². The second-order valence-electron chi connectivity index (χ2n) is 9.95. The highest BCUT2D eigenvalue weighted by Gasteiger charge is 2.25. The zero-order chi connectivity index (χ0) is 24.5. The van der Waals surface area contributed by atoms with Crippen molar-refractivity contribution in [3.8, 4) is 11.3 Å². The van der Waals surface area contributed by atoms with E-state index in [1.807, 2.05) is 0 Å². The summed E-state index contributed by atoms with van der Waals surface area (Å²) in [5.41, 5.74) is 8.95. The summed E-state index contributed by atoms with van der Waals surface area (Å²) in [5.74, 6) is 2.02. The third kappa shape index (κ3) is 4.82. The minimum atomic E-state index is 0.752. The molecule has 0 spiro atoms. The van der Waals surface area contributed by atoms with E-state index in [1.165, 1.54) is 40.0 Å². The van der Waals surface area contributed by atoms with Crippen LogP contribution in [-0.2, 0) is 19.5 Å². The van der Waals surface area contributed by atoms with Crippen LogP contribution in [0.25, 0.3) is 11.3 Å². The van der Waals surface area contributed by atoms with E-state index >= 15 is 0 Å². The van der Waals surface area contributed by atoms with Gasteiger partial charge in [0, 0.05) is 59.6 Å². The summed E-state index contributed by atoms with van der Waals surface area (Å²) in [5, 5.41) is 3.53. The normalized spacial score (nSPS) is 15.7. The number of hydrogen-bond acceptors (Lipinski definition) is 4. The Balaban J connectivity index is 1.40. The molecule has 1 aromatic heterocycles. The summed E-state index contributed by atoms with van der Waals surface area (Å²) in [6, 6.07) is 26.4. The molecule has 0 saturated carbocycles. The van der Waals surface area contributed by atoms with E-state index < -0.39 is 0 Å². The molecule has 0 aliphatic carbocycles. The maximum absolute atomic E-state index is 6.53. The lowest BCUT2D eigenvalue weighted by atomic mass is 10.0. The van der Waals surface area contributed by atoms with Gasteiger partial charge in [0.05, 0.1) is 6.54 Å². The number of aryl methyl sites for hydroxylation is 1. The van der Waals surface area contributed by atoms with E-state index in [1.54, 1.807) is 0 Å². The average molecular weight is 543 g/mol. The summed E-state index contributed by atoms with van der Waals surface area (Å²) >= 11 is 3.76. The van der Waals surface area contributed by atoms with Crippen LogP contribution < -0.4 is 15.1 Å². The predicted octanol–water partition coefficient (Wildman–Crippen LogP) is 6.93. The van der Waals surface area contributed by atoms with Gasteiger partial charge in [0.15, 0.2) is 0 Å². The number of hydrogen-bond donors (Lipinski definition) is 1. The fourth-order valence-electron chi connectivity index (χ4n) is 5.37. The first-order chi connectivity index (χ1) is 17.6. The number of benzene rings is 3. The topological polar surface area (TPSA) is 31.7 Å². The van der Waals surface area contributed by atoms with Crippen LogP contribution in [0, 0.1) is 6.92 Å². The third-order valence-corrected chi connectivity index (χ3v) is 8.15. The Labute approximate surface area is 222 Å². The number of anilines is 2. The van der Waals surface area contributed by atoms with Crippen molar-refractivity contribution in [2.45, 2.75) is 32.9 Å². The molecule has 0 radical (unpaired) electrons. The fraction of sp³-hybridized carbons (Fsp3) is 0.290. The first-order valence-corrected chi connectivity index (χ1v) is 13.7. The highest BCUT2D eigenvalue weighted by Crippen LogP contribution is 2.38. The Hall–Kier alpha value is -3.02. The van der Waals surface area contributed by atoms with Crippen LogP contribution >= 0.6 is 15.9 Å². The van der Waals surface area contributed by atoms with Crippen LogP contribution in [0.3, 0.4) is 0 Å². The zero-order valence-electron chi connectivity index (χ0n) is 20.8. The Morgan fingerprint density at radius 3 is 2.64 bits per heavy atom. The van der Waals surface area contributed by atoms with E-state index in [0.29, 0.717) is 0 Å². The number of rotatable bonds is 4. The van der Waals surface area contributed by atoms with Crippen LogP contribution in [0.2, 0.25) is 0 Å². The Morgan fingerprint density at radius 2 is 1.78 bits per heavy atom. The molecule has 0 atom stereocenters. The summed E-state index contributed by atoms with van der Waals surface area (Å²) in [6.07, 6.45) is 2.06. The molecule has 1 fully saturated rings. The predicted molar refractivity (Wildman–Crippen MR) is 152 cm³/mol. The van der Waals surface area contributed by atoms with Gasteiger partial charge in [-0.3, -0.25) is 0 Å². The molecule has 6 rings (SSSR count). The second-order valence-corrected chi connectivity index (χ2v) is 10.8. The monoisotopic (exact) mass is 541 g/mol. The molecule has 0 unspecified atom stereocenters. The summed E-state index contributed by atoms with van der Waals surface area (Å²) in [7, 11) is 0. The van der Waals surface area contributed by atoms with Crippen molar-refractivity contribution in [2.75, 3.05) is 36.0 Å². The zero-order valence-corrected chi connectivity index (χ0v) is 22.4. The molecular weight excluding hydrogens is 510 g/mol. The minimum Gasteiger partial charge on any atom is -0.459 e. The first kappa shape index (κ1) is 23.4. The number of fused-ring (bicyclic) bond motifs is 2.